The number of ether oxygens (including phenoxy) is 1. The molecule has 0 spiro atoms. The molecule has 0 aliphatic rings. The van der Waals surface area contributed by atoms with Gasteiger partial charge < -0.3 is 10.1 Å². The molecule has 0 atom stereocenters. The minimum Gasteiger partial charge on any atom is -0.480 e. The van der Waals surface area contributed by atoms with E-state index in [2.05, 4.69) is 26.2 Å². The predicted octanol–water partition coefficient (Wildman–Crippen LogP) is 3.41. The van der Waals surface area contributed by atoms with E-state index >= 15 is 0 Å². The predicted molar refractivity (Wildman–Crippen MR) is 77.6 cm³/mol. The van der Waals surface area contributed by atoms with Gasteiger partial charge in [-0.1, -0.05) is 15.9 Å². The Balaban J connectivity index is 2.25. The van der Waals surface area contributed by atoms with Gasteiger partial charge in [-0.15, -0.1) is 0 Å². The van der Waals surface area contributed by atoms with E-state index in [1.165, 1.54) is 7.11 Å². The van der Waals surface area contributed by atoms with E-state index in [1.807, 2.05) is 19.1 Å². The molecule has 0 radical (unpaired) electrons. The second kappa shape index (κ2) is 5.84. The Morgan fingerprint density at radius 2 is 2.16 bits per heavy atom. The van der Waals surface area contributed by atoms with Crippen LogP contribution in [-0.2, 0) is 0 Å². The summed E-state index contributed by atoms with van der Waals surface area (Å²) in [4.78, 5) is 16.2. The summed E-state index contributed by atoms with van der Waals surface area (Å²) in [5, 5.41) is 2.78. The van der Waals surface area contributed by atoms with Crippen LogP contribution in [0.1, 0.15) is 15.9 Å². The topological polar surface area (TPSA) is 51.2 Å². The molecule has 0 bridgehead atoms. The van der Waals surface area contributed by atoms with Gasteiger partial charge in [-0.3, -0.25) is 4.79 Å². The number of methoxy groups -OCH3 is 1. The molecule has 0 saturated heterocycles. The second-order valence-corrected chi connectivity index (χ2v) is 4.95. The highest BCUT2D eigenvalue weighted by atomic mass is 79.9. The summed E-state index contributed by atoms with van der Waals surface area (Å²) in [6.07, 6.45) is 1.61. The molecule has 2 rings (SSSR count). The summed E-state index contributed by atoms with van der Waals surface area (Å²) in [5.41, 5.74) is 2.14. The van der Waals surface area contributed by atoms with Crippen molar-refractivity contribution in [2.45, 2.75) is 6.92 Å². The average molecular weight is 321 g/mol. The zero-order valence-electron chi connectivity index (χ0n) is 10.6. The SMILES string of the molecule is COc1ncccc1NC(=O)c1cc(C)cc(Br)c1. The Hall–Kier alpha value is -1.88. The molecule has 19 heavy (non-hydrogen) atoms. The fourth-order valence-electron chi connectivity index (χ4n) is 1.71. The van der Waals surface area contributed by atoms with E-state index in [1.54, 1.807) is 24.4 Å². The third-order valence-corrected chi connectivity index (χ3v) is 2.97. The van der Waals surface area contributed by atoms with Crippen LogP contribution in [0.3, 0.4) is 0 Å². The number of anilines is 1. The number of nitrogens with zero attached hydrogens (tertiary/aromatic N) is 1. The van der Waals surface area contributed by atoms with Gasteiger partial charge in [-0.25, -0.2) is 4.98 Å². The quantitative estimate of drug-likeness (QED) is 0.942. The number of halogens is 1. The molecule has 98 valence electrons. The molecule has 1 amide bonds. The van der Waals surface area contributed by atoms with E-state index in [4.69, 9.17) is 4.74 Å². The molecule has 2 aromatic rings. The molecule has 0 fully saturated rings. The minimum atomic E-state index is -0.198. The number of rotatable bonds is 3. The number of hydrogen-bond donors (Lipinski definition) is 1. The van der Waals surface area contributed by atoms with Gasteiger partial charge in [-0.05, 0) is 42.8 Å². The highest BCUT2D eigenvalue weighted by Crippen LogP contribution is 2.22. The normalized spacial score (nSPS) is 10.1. The van der Waals surface area contributed by atoms with Crippen molar-refractivity contribution >= 4 is 27.5 Å². The van der Waals surface area contributed by atoms with Crippen LogP contribution in [-0.4, -0.2) is 18.0 Å². The lowest BCUT2D eigenvalue weighted by atomic mass is 10.1. The van der Waals surface area contributed by atoms with Gasteiger partial charge >= 0.3 is 0 Å². The number of nitrogens with one attached hydrogen (secondary N) is 1. The number of benzene rings is 1. The van der Waals surface area contributed by atoms with Crippen LogP contribution in [0.2, 0.25) is 0 Å². The maximum absolute atomic E-state index is 12.2. The van der Waals surface area contributed by atoms with Crippen molar-refractivity contribution in [1.29, 1.82) is 0 Å². The summed E-state index contributed by atoms with van der Waals surface area (Å²) in [6, 6.07) is 9.02. The van der Waals surface area contributed by atoms with Crippen molar-refractivity contribution in [2.24, 2.45) is 0 Å². The molecule has 5 heteroatoms. The monoisotopic (exact) mass is 320 g/mol. The van der Waals surface area contributed by atoms with Crippen molar-refractivity contribution in [3.05, 3.63) is 52.1 Å². The molecule has 1 aromatic carbocycles. The van der Waals surface area contributed by atoms with Crippen molar-refractivity contribution in [2.75, 3.05) is 12.4 Å². The van der Waals surface area contributed by atoms with Gasteiger partial charge in [0.25, 0.3) is 5.91 Å². The van der Waals surface area contributed by atoms with Crippen LogP contribution in [0.4, 0.5) is 5.69 Å². The Morgan fingerprint density at radius 3 is 2.84 bits per heavy atom. The van der Waals surface area contributed by atoms with Crippen LogP contribution in [0.25, 0.3) is 0 Å². The van der Waals surface area contributed by atoms with E-state index in [9.17, 15) is 4.79 Å². The van der Waals surface area contributed by atoms with Crippen LogP contribution in [0, 0.1) is 6.92 Å². The smallest absolute Gasteiger partial charge is 0.255 e. The van der Waals surface area contributed by atoms with Gasteiger partial charge in [0, 0.05) is 16.2 Å². The zero-order chi connectivity index (χ0) is 13.8. The minimum absolute atomic E-state index is 0.198. The summed E-state index contributed by atoms with van der Waals surface area (Å²) in [5.74, 6) is 0.193. The Morgan fingerprint density at radius 1 is 1.37 bits per heavy atom. The highest BCUT2D eigenvalue weighted by Gasteiger charge is 2.11. The number of aryl methyl sites for hydroxylation is 1. The van der Waals surface area contributed by atoms with Gasteiger partial charge in [0.15, 0.2) is 0 Å². The number of amides is 1. The van der Waals surface area contributed by atoms with Gasteiger partial charge in [0.05, 0.1) is 7.11 Å². The van der Waals surface area contributed by atoms with Gasteiger partial charge in [0.1, 0.15) is 5.69 Å². The molecular weight excluding hydrogens is 308 g/mol. The largest absolute Gasteiger partial charge is 0.480 e. The first-order chi connectivity index (χ1) is 9.10. The maximum atomic E-state index is 12.2. The molecule has 0 aliphatic carbocycles. The van der Waals surface area contributed by atoms with Crippen molar-refractivity contribution in [3.8, 4) is 5.88 Å². The summed E-state index contributed by atoms with van der Waals surface area (Å²) in [7, 11) is 1.52. The number of carbonyl (C=O) groups is 1. The molecule has 1 aromatic heterocycles. The molecule has 0 saturated carbocycles. The number of pyridine rings is 1. The van der Waals surface area contributed by atoms with E-state index in [0.29, 0.717) is 17.1 Å². The van der Waals surface area contributed by atoms with Gasteiger partial charge in [-0.2, -0.15) is 0 Å². The zero-order valence-corrected chi connectivity index (χ0v) is 12.2. The Labute approximate surface area is 119 Å². The maximum Gasteiger partial charge on any atom is 0.255 e. The standard InChI is InChI=1S/C14H13BrN2O2/c1-9-6-10(8-11(15)7-9)13(18)17-12-4-3-5-16-14(12)19-2/h3-8H,1-2H3,(H,17,18). The van der Waals surface area contributed by atoms with Gasteiger partial charge in [0.2, 0.25) is 5.88 Å². The van der Waals surface area contributed by atoms with E-state index in [-0.39, 0.29) is 5.91 Å². The fourth-order valence-corrected chi connectivity index (χ4v) is 2.32. The highest BCUT2D eigenvalue weighted by molar-refractivity contribution is 9.10. The first-order valence-corrected chi connectivity index (χ1v) is 6.47. The summed E-state index contributed by atoms with van der Waals surface area (Å²) >= 11 is 3.38. The lowest BCUT2D eigenvalue weighted by Gasteiger charge is -2.09. The lowest BCUT2D eigenvalue weighted by molar-refractivity contribution is 0.102. The second-order valence-electron chi connectivity index (χ2n) is 4.03. The number of aromatic nitrogens is 1. The van der Waals surface area contributed by atoms with Crippen LogP contribution < -0.4 is 10.1 Å². The Bertz CT molecular complexity index is 594. The first kappa shape index (κ1) is 13.5. The van der Waals surface area contributed by atoms with Crippen molar-refractivity contribution < 1.29 is 9.53 Å². The molecule has 4 nitrogen and oxygen atoms in total. The van der Waals surface area contributed by atoms with Crippen LogP contribution >= 0.6 is 15.9 Å². The van der Waals surface area contributed by atoms with Crippen LogP contribution in [0.15, 0.2) is 41.0 Å². The molecule has 1 N–H and O–H groups in total. The number of carbonyl (C=O) groups excluding carboxylic acids is 1. The molecule has 1 heterocycles. The van der Waals surface area contributed by atoms with Crippen molar-refractivity contribution in [3.63, 3.8) is 0 Å². The number of hydrogen-bond acceptors (Lipinski definition) is 3. The Kier molecular flexibility index (Phi) is 4.16. The van der Waals surface area contributed by atoms with Crippen LogP contribution in [0.5, 0.6) is 5.88 Å². The fraction of sp³-hybridized carbons (Fsp3) is 0.143. The summed E-state index contributed by atoms with van der Waals surface area (Å²) in [6.45, 7) is 1.94. The first-order valence-electron chi connectivity index (χ1n) is 5.67. The third-order valence-electron chi connectivity index (χ3n) is 2.52. The lowest BCUT2D eigenvalue weighted by Crippen LogP contribution is -2.13. The van der Waals surface area contributed by atoms with E-state index in [0.717, 1.165) is 10.0 Å². The molecular formula is C14H13BrN2O2. The molecule has 0 unspecified atom stereocenters. The summed E-state index contributed by atoms with van der Waals surface area (Å²) < 4.78 is 5.97. The van der Waals surface area contributed by atoms with E-state index < -0.39 is 0 Å². The average Bonchev–Trinajstić information content (AvgIpc) is 2.38. The molecule has 0 aliphatic heterocycles. The van der Waals surface area contributed by atoms with Crippen molar-refractivity contribution in [1.82, 2.24) is 4.98 Å². The third kappa shape index (κ3) is 3.32.